The number of anilines is 2. The lowest BCUT2D eigenvalue weighted by atomic mass is 10.0. The number of pyridine rings is 1. The van der Waals surface area contributed by atoms with Crippen LogP contribution in [0.4, 0.5) is 20.7 Å². The van der Waals surface area contributed by atoms with Gasteiger partial charge in [-0.05, 0) is 61.7 Å². The maximum Gasteiger partial charge on any atom is 0.353 e. The van der Waals surface area contributed by atoms with E-state index < -0.39 is 5.82 Å². The Morgan fingerprint density at radius 1 is 1.08 bits per heavy atom. The predicted octanol–water partition coefficient (Wildman–Crippen LogP) is 4.49. The van der Waals surface area contributed by atoms with E-state index in [0.29, 0.717) is 35.5 Å². The number of amides is 2. The van der Waals surface area contributed by atoms with Crippen LogP contribution in [0.2, 0.25) is 0 Å². The summed E-state index contributed by atoms with van der Waals surface area (Å²) in [6.45, 7) is 6.16. The molecule has 1 atom stereocenters. The standard InChI is InChI=1S/C28H29FN6O3/c1-6-20-15-23(19-10-12-21(13-11-19)35-26(38-5)31-32(4)27(35)36)24(29)25(30-20)33-16-18(3)34(28(33)37)22-9-7-8-17(2)14-22/h7-15,18H,6,16H2,1-5H3. The Hall–Kier alpha value is -4.47. The number of carbonyl (C=O) groups excluding carboxylic acids is 1. The number of aromatic nitrogens is 4. The van der Waals surface area contributed by atoms with Crippen molar-refractivity contribution in [2.75, 3.05) is 23.5 Å². The minimum atomic E-state index is -0.572. The van der Waals surface area contributed by atoms with Crippen molar-refractivity contribution in [2.45, 2.75) is 33.2 Å². The number of carbonyl (C=O) groups is 1. The van der Waals surface area contributed by atoms with Crippen molar-refractivity contribution >= 4 is 17.5 Å². The number of hydrogen-bond donors (Lipinski definition) is 0. The molecule has 0 saturated carbocycles. The lowest BCUT2D eigenvalue weighted by Crippen LogP contribution is -2.34. The zero-order valence-corrected chi connectivity index (χ0v) is 22.0. The molecule has 0 spiro atoms. The fraction of sp³-hybridized carbons (Fsp3) is 0.286. The molecular weight excluding hydrogens is 487 g/mol. The van der Waals surface area contributed by atoms with Crippen molar-refractivity contribution in [1.29, 1.82) is 0 Å². The van der Waals surface area contributed by atoms with Crippen LogP contribution in [0.5, 0.6) is 6.01 Å². The highest BCUT2D eigenvalue weighted by atomic mass is 19.1. The number of aryl methyl sites for hydroxylation is 3. The van der Waals surface area contributed by atoms with Crippen LogP contribution in [0.3, 0.4) is 0 Å². The van der Waals surface area contributed by atoms with Crippen LogP contribution < -0.4 is 20.2 Å². The summed E-state index contributed by atoms with van der Waals surface area (Å²) in [4.78, 5) is 33.6. The normalized spacial score (nSPS) is 15.4. The molecule has 1 saturated heterocycles. The van der Waals surface area contributed by atoms with Gasteiger partial charge >= 0.3 is 17.7 Å². The van der Waals surface area contributed by atoms with Crippen molar-refractivity contribution in [3.05, 3.63) is 82.2 Å². The van der Waals surface area contributed by atoms with E-state index in [9.17, 15) is 9.59 Å². The second-order valence-electron chi connectivity index (χ2n) is 9.38. The second-order valence-corrected chi connectivity index (χ2v) is 9.38. The van der Waals surface area contributed by atoms with Crippen LogP contribution in [0.25, 0.3) is 16.8 Å². The molecule has 0 radical (unpaired) electrons. The van der Waals surface area contributed by atoms with Gasteiger partial charge in [0.15, 0.2) is 11.6 Å². The molecule has 0 N–H and O–H groups in total. The van der Waals surface area contributed by atoms with Gasteiger partial charge in [0.25, 0.3) is 0 Å². The van der Waals surface area contributed by atoms with Crippen molar-refractivity contribution in [3.8, 4) is 22.8 Å². The lowest BCUT2D eigenvalue weighted by molar-refractivity contribution is 0.255. The first-order valence-corrected chi connectivity index (χ1v) is 12.4. The summed E-state index contributed by atoms with van der Waals surface area (Å²) >= 11 is 0. The Morgan fingerprint density at radius 3 is 2.47 bits per heavy atom. The molecule has 2 aromatic carbocycles. The number of halogens is 1. The highest BCUT2D eigenvalue weighted by Gasteiger charge is 2.39. The van der Waals surface area contributed by atoms with Crippen molar-refractivity contribution in [1.82, 2.24) is 19.3 Å². The first kappa shape index (κ1) is 25.2. The maximum atomic E-state index is 16.1. The van der Waals surface area contributed by atoms with E-state index in [0.717, 1.165) is 11.3 Å². The van der Waals surface area contributed by atoms with Gasteiger partial charge in [0.1, 0.15) is 0 Å². The van der Waals surface area contributed by atoms with Crippen molar-refractivity contribution < 1.29 is 13.9 Å². The Bertz CT molecular complexity index is 1580. The largest absolute Gasteiger partial charge is 0.467 e. The summed E-state index contributed by atoms with van der Waals surface area (Å²) in [7, 11) is 2.98. The number of benzene rings is 2. The summed E-state index contributed by atoms with van der Waals surface area (Å²) in [6.07, 6.45) is 0.569. The number of ether oxygens (including phenoxy) is 1. The van der Waals surface area contributed by atoms with Gasteiger partial charge in [-0.15, -0.1) is 5.10 Å². The summed E-state index contributed by atoms with van der Waals surface area (Å²) in [5.41, 5.74) is 3.57. The molecule has 1 fully saturated rings. The highest BCUT2D eigenvalue weighted by Crippen LogP contribution is 2.34. The molecule has 9 nitrogen and oxygen atoms in total. The molecule has 2 amide bonds. The molecule has 2 aromatic heterocycles. The van der Waals surface area contributed by atoms with Gasteiger partial charge in [0.05, 0.1) is 18.8 Å². The van der Waals surface area contributed by atoms with Crippen LogP contribution in [0, 0.1) is 12.7 Å². The Morgan fingerprint density at radius 2 is 1.82 bits per heavy atom. The van der Waals surface area contributed by atoms with E-state index in [1.807, 2.05) is 45.0 Å². The quantitative estimate of drug-likeness (QED) is 0.377. The van der Waals surface area contributed by atoms with Crippen LogP contribution in [-0.2, 0) is 13.5 Å². The van der Waals surface area contributed by atoms with Gasteiger partial charge in [-0.2, -0.15) is 0 Å². The summed E-state index contributed by atoms with van der Waals surface area (Å²) in [6, 6.07) is 15.9. The van der Waals surface area contributed by atoms with E-state index in [1.54, 1.807) is 35.2 Å². The molecule has 3 heterocycles. The lowest BCUT2D eigenvalue weighted by Gasteiger charge is -2.22. The van der Waals surface area contributed by atoms with Gasteiger partial charge in [0, 0.05) is 30.5 Å². The molecule has 1 aliphatic rings. The van der Waals surface area contributed by atoms with Crippen LogP contribution in [-0.4, -0.2) is 45.1 Å². The highest BCUT2D eigenvalue weighted by molar-refractivity contribution is 6.06. The fourth-order valence-electron chi connectivity index (χ4n) is 4.79. The van der Waals surface area contributed by atoms with E-state index >= 15 is 4.39 Å². The molecule has 1 aliphatic heterocycles. The number of methoxy groups -OCH3 is 1. The Balaban J connectivity index is 1.53. The molecule has 38 heavy (non-hydrogen) atoms. The van der Waals surface area contributed by atoms with E-state index in [-0.39, 0.29) is 29.6 Å². The second kappa shape index (κ2) is 9.77. The smallest absolute Gasteiger partial charge is 0.353 e. The Labute approximate surface area is 219 Å². The van der Waals surface area contributed by atoms with E-state index in [1.165, 1.54) is 28.3 Å². The summed E-state index contributed by atoms with van der Waals surface area (Å²) in [5.74, 6) is -0.557. The van der Waals surface area contributed by atoms with Gasteiger partial charge in [0.2, 0.25) is 0 Å². The number of rotatable bonds is 6. The molecule has 0 aliphatic carbocycles. The van der Waals surface area contributed by atoms with Crippen molar-refractivity contribution in [3.63, 3.8) is 0 Å². The van der Waals surface area contributed by atoms with Gasteiger partial charge in [-0.3, -0.25) is 9.80 Å². The van der Waals surface area contributed by atoms with Gasteiger partial charge in [-0.1, -0.05) is 31.2 Å². The number of nitrogens with zero attached hydrogens (tertiary/aromatic N) is 6. The third-order valence-electron chi connectivity index (χ3n) is 6.73. The van der Waals surface area contributed by atoms with Gasteiger partial charge < -0.3 is 4.74 Å². The predicted molar refractivity (Wildman–Crippen MR) is 144 cm³/mol. The first-order chi connectivity index (χ1) is 18.2. The molecule has 1 unspecified atom stereocenters. The van der Waals surface area contributed by atoms with E-state index in [2.05, 4.69) is 10.1 Å². The SMILES string of the molecule is CCc1cc(-c2ccc(-n3c(OC)nn(C)c3=O)cc2)c(F)c(N2CC(C)N(c3cccc(C)c3)C2=O)n1. The molecule has 196 valence electrons. The topological polar surface area (TPSA) is 85.5 Å². The molecular formula is C28H29FN6O3. The fourth-order valence-corrected chi connectivity index (χ4v) is 4.79. The monoisotopic (exact) mass is 516 g/mol. The summed E-state index contributed by atoms with van der Waals surface area (Å²) in [5, 5.41) is 4.06. The van der Waals surface area contributed by atoms with Crippen molar-refractivity contribution in [2.24, 2.45) is 7.05 Å². The molecule has 4 aromatic rings. The minimum Gasteiger partial charge on any atom is -0.467 e. The zero-order valence-electron chi connectivity index (χ0n) is 22.0. The zero-order chi connectivity index (χ0) is 27.1. The summed E-state index contributed by atoms with van der Waals surface area (Å²) < 4.78 is 23.8. The number of urea groups is 1. The molecule has 0 bridgehead atoms. The van der Waals surface area contributed by atoms with Crippen LogP contribution in [0.1, 0.15) is 25.1 Å². The first-order valence-electron chi connectivity index (χ1n) is 12.4. The average Bonchev–Trinajstić information content (AvgIpc) is 3.37. The maximum absolute atomic E-state index is 16.1. The molecule has 5 rings (SSSR count). The molecule has 10 heteroatoms. The van der Waals surface area contributed by atoms with Gasteiger partial charge in [-0.25, -0.2) is 28.2 Å². The third kappa shape index (κ3) is 4.21. The van der Waals surface area contributed by atoms with Crippen LogP contribution in [0.15, 0.2) is 59.4 Å². The average molecular weight is 517 g/mol. The minimum absolute atomic E-state index is 0.0144. The number of hydrogen-bond acceptors (Lipinski definition) is 5. The van der Waals surface area contributed by atoms with Crippen LogP contribution >= 0.6 is 0 Å². The Kier molecular flexibility index (Phi) is 6.48. The van der Waals surface area contributed by atoms with E-state index in [4.69, 9.17) is 4.74 Å². The third-order valence-corrected chi connectivity index (χ3v) is 6.73.